The van der Waals surface area contributed by atoms with Crippen molar-refractivity contribution in [1.82, 2.24) is 4.31 Å². The van der Waals surface area contributed by atoms with Gasteiger partial charge in [0.1, 0.15) is 11.4 Å². The van der Waals surface area contributed by atoms with Crippen molar-refractivity contribution < 1.29 is 21.6 Å². The first-order chi connectivity index (χ1) is 9.11. The van der Waals surface area contributed by atoms with Gasteiger partial charge >= 0.3 is 6.18 Å². The van der Waals surface area contributed by atoms with Crippen LogP contribution in [0.15, 0.2) is 23.1 Å². The SMILES string of the molecule is CCN(CC(F)(F)F)S(=O)(=O)c1ccc(C#N)cc1Cl. The molecule has 1 rings (SSSR count). The summed E-state index contributed by atoms with van der Waals surface area (Å²) in [5.41, 5.74) is 0.118. The van der Waals surface area contributed by atoms with E-state index in [9.17, 15) is 21.6 Å². The van der Waals surface area contributed by atoms with Crippen LogP contribution >= 0.6 is 11.6 Å². The highest BCUT2D eigenvalue weighted by atomic mass is 35.5. The molecule has 20 heavy (non-hydrogen) atoms. The van der Waals surface area contributed by atoms with Crippen LogP contribution in [0.3, 0.4) is 0 Å². The molecule has 1 aromatic carbocycles. The van der Waals surface area contributed by atoms with Crippen LogP contribution in [0.25, 0.3) is 0 Å². The summed E-state index contributed by atoms with van der Waals surface area (Å²) in [4.78, 5) is -0.454. The Morgan fingerprint density at radius 2 is 2.00 bits per heavy atom. The summed E-state index contributed by atoms with van der Waals surface area (Å²) in [5, 5.41) is 8.36. The molecular weight excluding hydrogens is 317 g/mol. The predicted molar refractivity (Wildman–Crippen MR) is 66.7 cm³/mol. The minimum absolute atomic E-state index is 0.118. The first-order valence-electron chi connectivity index (χ1n) is 5.38. The maximum Gasteiger partial charge on any atom is 0.402 e. The van der Waals surface area contributed by atoms with Crippen LogP contribution in [0.1, 0.15) is 12.5 Å². The summed E-state index contributed by atoms with van der Waals surface area (Å²) < 4.78 is 61.6. The lowest BCUT2D eigenvalue weighted by atomic mass is 10.2. The quantitative estimate of drug-likeness (QED) is 0.854. The third kappa shape index (κ3) is 3.85. The summed E-state index contributed by atoms with van der Waals surface area (Å²) in [5.74, 6) is 0. The first kappa shape index (κ1) is 16.8. The minimum atomic E-state index is -4.65. The molecule has 110 valence electrons. The molecule has 0 fully saturated rings. The van der Waals surface area contributed by atoms with Crippen LogP contribution in [0.4, 0.5) is 13.2 Å². The van der Waals surface area contributed by atoms with Gasteiger partial charge in [0.25, 0.3) is 0 Å². The fraction of sp³-hybridized carbons (Fsp3) is 0.364. The first-order valence-corrected chi connectivity index (χ1v) is 7.20. The van der Waals surface area contributed by atoms with Gasteiger partial charge in [0.05, 0.1) is 16.7 Å². The molecule has 4 nitrogen and oxygen atoms in total. The van der Waals surface area contributed by atoms with Gasteiger partial charge in [0, 0.05) is 6.54 Å². The van der Waals surface area contributed by atoms with E-state index in [0.29, 0.717) is 0 Å². The Morgan fingerprint density at radius 3 is 2.40 bits per heavy atom. The van der Waals surface area contributed by atoms with E-state index in [1.54, 1.807) is 6.07 Å². The third-order valence-corrected chi connectivity index (χ3v) is 4.79. The van der Waals surface area contributed by atoms with Gasteiger partial charge in [0.2, 0.25) is 10.0 Å². The van der Waals surface area contributed by atoms with E-state index in [1.807, 2.05) is 0 Å². The van der Waals surface area contributed by atoms with Crippen molar-refractivity contribution in [3.05, 3.63) is 28.8 Å². The van der Waals surface area contributed by atoms with Crippen LogP contribution in [0.2, 0.25) is 5.02 Å². The van der Waals surface area contributed by atoms with Gasteiger partial charge in [0.15, 0.2) is 0 Å². The number of alkyl halides is 3. The molecule has 0 bridgehead atoms. The molecule has 0 atom stereocenters. The molecule has 9 heteroatoms. The lowest BCUT2D eigenvalue weighted by molar-refractivity contribution is -0.135. The van der Waals surface area contributed by atoms with Crippen molar-refractivity contribution in [3.8, 4) is 6.07 Å². The van der Waals surface area contributed by atoms with E-state index >= 15 is 0 Å². The van der Waals surface area contributed by atoms with E-state index in [4.69, 9.17) is 16.9 Å². The normalized spacial score (nSPS) is 12.4. The number of hydrogen-bond donors (Lipinski definition) is 0. The number of halogens is 4. The number of benzene rings is 1. The summed E-state index contributed by atoms with van der Waals surface area (Å²) in [6, 6.07) is 5.05. The molecule has 0 heterocycles. The largest absolute Gasteiger partial charge is 0.402 e. The molecule has 0 unspecified atom stereocenters. The Kier molecular flexibility index (Phi) is 5.02. The van der Waals surface area contributed by atoms with E-state index in [2.05, 4.69) is 0 Å². The fourth-order valence-electron chi connectivity index (χ4n) is 1.49. The van der Waals surface area contributed by atoms with E-state index in [0.717, 1.165) is 12.1 Å². The average Bonchev–Trinajstić information content (AvgIpc) is 2.34. The number of nitriles is 1. The predicted octanol–water partition coefficient (Wildman–Crippen LogP) is 2.78. The number of sulfonamides is 1. The molecule has 1 aromatic rings. The van der Waals surface area contributed by atoms with Crippen LogP contribution in [-0.4, -0.2) is 32.0 Å². The molecule has 0 aliphatic carbocycles. The highest BCUT2D eigenvalue weighted by Gasteiger charge is 2.36. The van der Waals surface area contributed by atoms with Gasteiger partial charge in [-0.3, -0.25) is 0 Å². The maximum atomic E-state index is 12.4. The molecule has 0 spiro atoms. The highest BCUT2D eigenvalue weighted by Crippen LogP contribution is 2.28. The van der Waals surface area contributed by atoms with Gasteiger partial charge in [-0.25, -0.2) is 8.42 Å². The topological polar surface area (TPSA) is 61.2 Å². The molecule has 0 N–H and O–H groups in total. The van der Waals surface area contributed by atoms with Crippen molar-refractivity contribution in [2.75, 3.05) is 13.1 Å². The van der Waals surface area contributed by atoms with Crippen LogP contribution < -0.4 is 0 Å². The molecule has 0 aliphatic rings. The van der Waals surface area contributed by atoms with E-state index < -0.39 is 27.6 Å². The average molecular weight is 327 g/mol. The van der Waals surface area contributed by atoms with Gasteiger partial charge in [-0.1, -0.05) is 18.5 Å². The lowest BCUT2D eigenvalue weighted by Crippen LogP contribution is -2.38. The van der Waals surface area contributed by atoms with Crippen LogP contribution in [-0.2, 0) is 10.0 Å². The van der Waals surface area contributed by atoms with Crippen LogP contribution in [0, 0.1) is 11.3 Å². The van der Waals surface area contributed by atoms with Gasteiger partial charge in [-0.05, 0) is 18.2 Å². The van der Waals surface area contributed by atoms with E-state index in [1.165, 1.54) is 13.0 Å². The molecule has 0 amide bonds. The Hall–Kier alpha value is -1.30. The van der Waals surface area contributed by atoms with Crippen molar-refractivity contribution >= 4 is 21.6 Å². The Labute approximate surface area is 119 Å². The van der Waals surface area contributed by atoms with Crippen molar-refractivity contribution in [2.45, 2.75) is 18.0 Å². The summed E-state index contributed by atoms with van der Waals surface area (Å²) in [6.07, 6.45) is -4.65. The smallest absolute Gasteiger partial charge is 0.207 e. The minimum Gasteiger partial charge on any atom is -0.207 e. The molecule has 0 aromatic heterocycles. The lowest BCUT2D eigenvalue weighted by Gasteiger charge is -2.22. The zero-order valence-corrected chi connectivity index (χ0v) is 11.8. The van der Waals surface area contributed by atoms with Crippen LogP contribution in [0.5, 0.6) is 0 Å². The molecular formula is C11H10ClF3N2O2S. The summed E-state index contributed by atoms with van der Waals surface area (Å²) in [7, 11) is -4.37. The fourth-order valence-corrected chi connectivity index (χ4v) is 3.44. The van der Waals surface area contributed by atoms with Gasteiger partial charge in [-0.2, -0.15) is 22.7 Å². The highest BCUT2D eigenvalue weighted by molar-refractivity contribution is 7.89. The summed E-state index contributed by atoms with van der Waals surface area (Å²) in [6.45, 7) is -0.652. The Bertz CT molecular complexity index is 638. The van der Waals surface area contributed by atoms with Gasteiger partial charge < -0.3 is 0 Å². The summed E-state index contributed by atoms with van der Waals surface area (Å²) >= 11 is 5.73. The zero-order valence-electron chi connectivity index (χ0n) is 10.3. The number of rotatable bonds is 4. The molecule has 0 saturated heterocycles. The zero-order chi connectivity index (χ0) is 15.6. The Morgan fingerprint density at radius 1 is 1.40 bits per heavy atom. The van der Waals surface area contributed by atoms with Crippen molar-refractivity contribution in [1.29, 1.82) is 5.26 Å². The number of nitrogens with zero attached hydrogens (tertiary/aromatic N) is 2. The second-order valence-corrected chi connectivity index (χ2v) is 6.12. The second-order valence-electron chi connectivity index (χ2n) is 3.80. The molecule has 0 saturated carbocycles. The monoisotopic (exact) mass is 326 g/mol. The molecule has 0 aliphatic heterocycles. The standard InChI is InChI=1S/C11H10ClF3N2O2S/c1-2-17(7-11(13,14)15)20(18,19)10-4-3-8(6-16)5-9(10)12/h3-5H,2,7H2,1H3. The second kappa shape index (κ2) is 5.99. The van der Waals surface area contributed by atoms with Crippen molar-refractivity contribution in [3.63, 3.8) is 0 Å². The number of hydrogen-bond acceptors (Lipinski definition) is 3. The van der Waals surface area contributed by atoms with Gasteiger partial charge in [-0.15, -0.1) is 0 Å². The molecule has 0 radical (unpaired) electrons. The van der Waals surface area contributed by atoms with E-state index in [-0.39, 0.29) is 21.4 Å². The third-order valence-electron chi connectivity index (χ3n) is 2.39. The van der Waals surface area contributed by atoms with Crippen molar-refractivity contribution in [2.24, 2.45) is 0 Å². The maximum absolute atomic E-state index is 12.4. The Balaban J connectivity index is 3.25.